The Morgan fingerprint density at radius 3 is 2.54 bits per heavy atom. The van der Waals surface area contributed by atoms with E-state index in [1.54, 1.807) is 4.90 Å². The Labute approximate surface area is 148 Å². The number of likely N-dealkylation sites (tertiary alicyclic amines) is 1. The van der Waals surface area contributed by atoms with Crippen molar-refractivity contribution < 1.29 is 14.3 Å². The van der Waals surface area contributed by atoms with Gasteiger partial charge >= 0.3 is 0 Å². The predicted molar refractivity (Wildman–Crippen MR) is 94.0 cm³/mol. The Morgan fingerprint density at radius 2 is 1.96 bits per heavy atom. The SMILES string of the molecule is COCC(=O)N1CC(C)(NC(=O)C(C)C(C)c2ccccc2Cl)C1. The summed E-state index contributed by atoms with van der Waals surface area (Å²) in [5.74, 6) is -0.287. The Bertz CT molecular complexity index is 614. The smallest absolute Gasteiger partial charge is 0.248 e. The zero-order chi connectivity index (χ0) is 17.9. The van der Waals surface area contributed by atoms with Gasteiger partial charge in [0.15, 0.2) is 0 Å². The summed E-state index contributed by atoms with van der Waals surface area (Å²) in [6.45, 7) is 6.95. The summed E-state index contributed by atoms with van der Waals surface area (Å²) in [5, 5.41) is 3.75. The van der Waals surface area contributed by atoms with E-state index in [0.29, 0.717) is 18.1 Å². The van der Waals surface area contributed by atoms with Crippen LogP contribution in [0.3, 0.4) is 0 Å². The molecular weight excluding hydrogens is 328 g/mol. The minimum atomic E-state index is -0.380. The topological polar surface area (TPSA) is 58.6 Å². The quantitative estimate of drug-likeness (QED) is 0.855. The van der Waals surface area contributed by atoms with Gasteiger partial charge in [0.25, 0.3) is 0 Å². The molecule has 1 fully saturated rings. The third-order valence-electron chi connectivity index (χ3n) is 4.68. The first-order valence-electron chi connectivity index (χ1n) is 8.10. The molecule has 5 nitrogen and oxygen atoms in total. The number of rotatable bonds is 6. The van der Waals surface area contributed by atoms with Crippen molar-refractivity contribution in [3.63, 3.8) is 0 Å². The van der Waals surface area contributed by atoms with Crippen LogP contribution in [0.4, 0.5) is 0 Å². The fourth-order valence-corrected chi connectivity index (χ4v) is 3.33. The summed E-state index contributed by atoms with van der Waals surface area (Å²) < 4.78 is 4.85. The van der Waals surface area contributed by atoms with Crippen molar-refractivity contribution in [2.75, 3.05) is 26.8 Å². The molecule has 0 spiro atoms. The number of halogens is 1. The molecule has 6 heteroatoms. The fourth-order valence-electron chi connectivity index (χ4n) is 3.02. The molecule has 1 N–H and O–H groups in total. The normalized spacial score (nSPS) is 18.5. The number of benzene rings is 1. The molecule has 1 heterocycles. The van der Waals surface area contributed by atoms with E-state index in [9.17, 15) is 9.59 Å². The summed E-state index contributed by atoms with van der Waals surface area (Å²) in [6.07, 6.45) is 0. The first-order valence-corrected chi connectivity index (χ1v) is 8.48. The molecule has 0 aliphatic carbocycles. The average molecular weight is 353 g/mol. The lowest BCUT2D eigenvalue weighted by molar-refractivity contribution is -0.146. The van der Waals surface area contributed by atoms with Gasteiger partial charge in [0.05, 0.1) is 5.54 Å². The first-order chi connectivity index (χ1) is 11.3. The molecule has 0 bridgehead atoms. The lowest BCUT2D eigenvalue weighted by Gasteiger charge is -2.48. The molecule has 0 saturated carbocycles. The molecule has 0 radical (unpaired) electrons. The van der Waals surface area contributed by atoms with E-state index in [0.717, 1.165) is 5.56 Å². The van der Waals surface area contributed by atoms with Gasteiger partial charge < -0.3 is 15.0 Å². The van der Waals surface area contributed by atoms with Crippen LogP contribution in [0.15, 0.2) is 24.3 Å². The van der Waals surface area contributed by atoms with Crippen molar-refractivity contribution in [3.05, 3.63) is 34.9 Å². The predicted octanol–water partition coefficient (Wildman–Crippen LogP) is 2.44. The number of nitrogens with zero attached hydrogens (tertiary/aromatic N) is 1. The van der Waals surface area contributed by atoms with Crippen LogP contribution in [0, 0.1) is 5.92 Å². The van der Waals surface area contributed by atoms with E-state index in [4.69, 9.17) is 16.3 Å². The van der Waals surface area contributed by atoms with Gasteiger partial charge in [-0.25, -0.2) is 0 Å². The number of hydrogen-bond donors (Lipinski definition) is 1. The van der Waals surface area contributed by atoms with Crippen LogP contribution in [0.1, 0.15) is 32.3 Å². The van der Waals surface area contributed by atoms with E-state index >= 15 is 0 Å². The molecule has 0 aromatic heterocycles. The maximum Gasteiger partial charge on any atom is 0.248 e. The highest BCUT2D eigenvalue weighted by Gasteiger charge is 2.43. The van der Waals surface area contributed by atoms with Gasteiger partial charge in [-0.05, 0) is 24.5 Å². The highest BCUT2D eigenvalue weighted by atomic mass is 35.5. The number of amides is 2. The Balaban J connectivity index is 1.93. The van der Waals surface area contributed by atoms with Gasteiger partial charge in [-0.2, -0.15) is 0 Å². The van der Waals surface area contributed by atoms with Gasteiger partial charge in [-0.15, -0.1) is 0 Å². The minimum absolute atomic E-state index is 0.00797. The van der Waals surface area contributed by atoms with Crippen LogP contribution in [0.5, 0.6) is 0 Å². The maximum atomic E-state index is 12.6. The number of hydrogen-bond acceptors (Lipinski definition) is 3. The number of ether oxygens (including phenoxy) is 1. The van der Waals surface area contributed by atoms with Crippen molar-refractivity contribution in [1.82, 2.24) is 10.2 Å². The second kappa shape index (κ2) is 7.53. The highest BCUT2D eigenvalue weighted by Crippen LogP contribution is 2.31. The molecule has 2 amide bonds. The van der Waals surface area contributed by atoms with E-state index in [1.807, 2.05) is 45.0 Å². The van der Waals surface area contributed by atoms with Gasteiger partial charge in [0.2, 0.25) is 11.8 Å². The lowest BCUT2D eigenvalue weighted by atomic mass is 9.86. The van der Waals surface area contributed by atoms with E-state index in [1.165, 1.54) is 7.11 Å². The van der Waals surface area contributed by atoms with Gasteiger partial charge in [0.1, 0.15) is 6.61 Å². The number of carbonyl (C=O) groups is 2. The molecule has 2 unspecified atom stereocenters. The first kappa shape index (κ1) is 18.7. The summed E-state index contributed by atoms with van der Waals surface area (Å²) >= 11 is 6.24. The van der Waals surface area contributed by atoms with Crippen molar-refractivity contribution >= 4 is 23.4 Å². The summed E-state index contributed by atoms with van der Waals surface area (Å²) in [5.41, 5.74) is 0.590. The molecule has 1 saturated heterocycles. The summed E-state index contributed by atoms with van der Waals surface area (Å²) in [6, 6.07) is 7.59. The zero-order valence-electron chi connectivity index (χ0n) is 14.6. The molecular formula is C18H25ClN2O3. The zero-order valence-corrected chi connectivity index (χ0v) is 15.4. The third-order valence-corrected chi connectivity index (χ3v) is 5.03. The van der Waals surface area contributed by atoms with E-state index in [2.05, 4.69) is 5.32 Å². The Hall–Kier alpha value is -1.59. The molecule has 2 rings (SSSR count). The molecule has 24 heavy (non-hydrogen) atoms. The lowest BCUT2D eigenvalue weighted by Crippen LogP contribution is -2.70. The number of nitrogens with one attached hydrogen (secondary N) is 1. The molecule has 1 aromatic rings. The molecule has 2 atom stereocenters. The highest BCUT2D eigenvalue weighted by molar-refractivity contribution is 6.31. The van der Waals surface area contributed by atoms with Crippen LogP contribution in [-0.4, -0.2) is 49.1 Å². The number of carbonyl (C=O) groups excluding carboxylic acids is 2. The van der Waals surface area contributed by atoms with Crippen molar-refractivity contribution in [1.29, 1.82) is 0 Å². The summed E-state index contributed by atoms with van der Waals surface area (Å²) in [7, 11) is 1.50. The van der Waals surface area contributed by atoms with E-state index in [-0.39, 0.29) is 35.8 Å². The van der Waals surface area contributed by atoms with Crippen molar-refractivity contribution in [3.8, 4) is 0 Å². The van der Waals surface area contributed by atoms with Crippen LogP contribution in [0.2, 0.25) is 5.02 Å². The van der Waals surface area contributed by atoms with Gasteiger partial charge in [-0.3, -0.25) is 9.59 Å². The second-order valence-electron chi connectivity index (χ2n) is 6.83. The maximum absolute atomic E-state index is 12.6. The number of methoxy groups -OCH3 is 1. The molecule has 1 aliphatic rings. The van der Waals surface area contributed by atoms with Crippen LogP contribution < -0.4 is 5.32 Å². The largest absolute Gasteiger partial charge is 0.375 e. The summed E-state index contributed by atoms with van der Waals surface area (Å²) in [4.78, 5) is 26.0. The Morgan fingerprint density at radius 1 is 1.33 bits per heavy atom. The Kier molecular flexibility index (Phi) is 5.88. The van der Waals surface area contributed by atoms with Crippen molar-refractivity contribution in [2.45, 2.75) is 32.2 Å². The molecule has 1 aliphatic heterocycles. The minimum Gasteiger partial charge on any atom is -0.375 e. The molecule has 1 aromatic carbocycles. The second-order valence-corrected chi connectivity index (χ2v) is 7.24. The van der Waals surface area contributed by atoms with Crippen LogP contribution in [0.25, 0.3) is 0 Å². The van der Waals surface area contributed by atoms with Crippen molar-refractivity contribution in [2.24, 2.45) is 5.92 Å². The van der Waals surface area contributed by atoms with E-state index < -0.39 is 0 Å². The van der Waals surface area contributed by atoms with Gasteiger partial charge in [0, 0.05) is 31.1 Å². The molecule has 132 valence electrons. The third kappa shape index (κ3) is 4.08. The van der Waals surface area contributed by atoms with Gasteiger partial charge in [-0.1, -0.05) is 43.6 Å². The fraction of sp³-hybridized carbons (Fsp3) is 0.556. The van der Waals surface area contributed by atoms with Crippen LogP contribution >= 0.6 is 11.6 Å². The average Bonchev–Trinajstić information content (AvgIpc) is 2.51. The van der Waals surface area contributed by atoms with Crippen LogP contribution in [-0.2, 0) is 14.3 Å². The standard InChI is InChI=1S/C18H25ClN2O3/c1-12(14-7-5-6-8-15(14)19)13(2)17(23)20-18(3)10-21(11-18)16(22)9-24-4/h5-8,12-13H,9-11H2,1-4H3,(H,20,23). The monoisotopic (exact) mass is 352 g/mol.